The van der Waals surface area contributed by atoms with Crippen molar-refractivity contribution in [1.29, 1.82) is 0 Å². The Balaban J connectivity index is 1.14. The molecule has 10 fully saturated rings. The van der Waals surface area contributed by atoms with E-state index in [1.807, 2.05) is 30.3 Å². The molecule has 0 bridgehead atoms. The molecule has 150 valence electrons. The van der Waals surface area contributed by atoms with Gasteiger partial charge < -0.3 is 0 Å². The molecule has 10 aliphatic heterocycles. The quantitative estimate of drug-likeness (QED) is 0.201. The number of carbonyl (C=O) groups is 2. The van der Waals surface area contributed by atoms with Crippen LogP contribution in [0.4, 0.5) is 0 Å². The number of carbonyl (C=O) groups excluding carboxylic acids is 2. The number of fused-ring (bicyclic) bond motifs is 10. The number of phenols is 1. The van der Waals surface area contributed by atoms with Crippen LogP contribution in [0.3, 0.4) is 0 Å². The number of aromatic hydroxyl groups is 1. The van der Waals surface area contributed by atoms with Gasteiger partial charge in [0.1, 0.15) is 0 Å². The SMILES string of the molecule is O=C(C(=C[C]12[CH]3[CH]4[CH]5[CH]1[Fe]45321678[CH]2[CH]1[CH]6[CH]7[CH]28)C(=O)c1ccccc1O)c1ccccc1. The summed E-state index contributed by atoms with van der Waals surface area (Å²) in [6.07, 6.45) is 2.29. The Bertz CT molecular complexity index is 1700. The van der Waals surface area contributed by atoms with Gasteiger partial charge in [0.25, 0.3) is 0 Å². The van der Waals surface area contributed by atoms with Crippen LogP contribution < -0.4 is 0 Å². The molecule has 0 radical (unpaired) electrons. The normalized spacial score (nSPS) is 72.8. The van der Waals surface area contributed by atoms with Crippen molar-refractivity contribution in [1.82, 2.24) is 0 Å². The molecule has 1 spiro atoms. The number of hydrogen-bond acceptors (Lipinski definition) is 3. The number of ketones is 2. The molecular formula is C26H20FeO3. The molecule has 3 nitrogen and oxygen atoms in total. The fourth-order valence-electron chi connectivity index (χ4n) is 18.8. The molecule has 2 aromatic carbocycles. The van der Waals surface area contributed by atoms with Crippen molar-refractivity contribution in [3.05, 3.63) is 77.4 Å². The Kier molecular flexibility index (Phi) is 0.736. The summed E-state index contributed by atoms with van der Waals surface area (Å²) in [4.78, 5) is 37.3. The van der Waals surface area contributed by atoms with E-state index in [1.165, 1.54) is 0 Å². The van der Waals surface area contributed by atoms with Gasteiger partial charge in [0.15, 0.2) is 0 Å². The molecule has 12 rings (SSSR count). The molecule has 0 aromatic heterocycles. The molecule has 10 aliphatic rings. The Morgan fingerprint density at radius 1 is 0.767 bits per heavy atom. The van der Waals surface area contributed by atoms with E-state index in [0.29, 0.717) is 15.4 Å². The number of allylic oxidation sites excluding steroid dienone is 2. The van der Waals surface area contributed by atoms with Gasteiger partial charge in [0.05, 0.1) is 0 Å². The fraction of sp³-hybridized carbons (Fsp3) is 0.385. The van der Waals surface area contributed by atoms with E-state index in [9.17, 15) is 14.7 Å². The van der Waals surface area contributed by atoms with Gasteiger partial charge in [-0.1, -0.05) is 0 Å². The molecule has 4 unspecified atom stereocenters. The molecule has 4 heteroatoms. The summed E-state index contributed by atoms with van der Waals surface area (Å²) in [6, 6.07) is 15.9. The van der Waals surface area contributed by atoms with E-state index in [4.69, 9.17) is 0 Å². The molecule has 10 heterocycles. The van der Waals surface area contributed by atoms with Crippen LogP contribution in [0.25, 0.3) is 0 Å². The second-order valence-electron chi connectivity index (χ2n) is 13.8. The van der Waals surface area contributed by atoms with E-state index >= 15 is 0 Å². The summed E-state index contributed by atoms with van der Waals surface area (Å²) >= 11 is 0. The standard InChI is InChI=1S/C21H15O3.C5H5.Fe/c22-19-13-7-6-12-17(19)21(24)18(14-15-8-4-5-9-15)20(23)16-10-2-1-3-11-16;1-2-4-5-3-1;/h1-14,22H;1-5H;. The van der Waals surface area contributed by atoms with E-state index < -0.39 is 6.51 Å². The van der Waals surface area contributed by atoms with E-state index in [2.05, 4.69) is 6.08 Å². The summed E-state index contributed by atoms with van der Waals surface area (Å²) < 4.78 is 0.346. The number of Topliss-reactive ketones (excluding diaryl/α,β-unsaturated/α-hetero) is 2. The molecule has 30 heavy (non-hydrogen) atoms. The predicted molar refractivity (Wildman–Crippen MR) is 108 cm³/mol. The third-order valence-electron chi connectivity index (χ3n) is 17.8. The van der Waals surface area contributed by atoms with Crippen molar-refractivity contribution in [3.63, 3.8) is 0 Å². The van der Waals surface area contributed by atoms with Crippen LogP contribution in [0.1, 0.15) is 20.7 Å². The average molecular weight is 436 g/mol. The Morgan fingerprint density at radius 3 is 1.83 bits per heavy atom. The maximum absolute atomic E-state index is 13.7. The molecule has 1 N–H and O–H groups in total. The number of benzene rings is 2. The van der Waals surface area contributed by atoms with Gasteiger partial charge in [-0.25, -0.2) is 0 Å². The van der Waals surface area contributed by atoms with Crippen LogP contribution in [0.15, 0.2) is 66.2 Å². The minimum absolute atomic E-state index is 0.0283. The molecule has 2 aromatic rings. The van der Waals surface area contributed by atoms with E-state index in [1.54, 1.807) is 24.3 Å². The molecule has 4 atom stereocenters. The fourth-order valence-corrected chi connectivity index (χ4v) is 92.5. The van der Waals surface area contributed by atoms with E-state index in [0.717, 1.165) is 43.3 Å². The van der Waals surface area contributed by atoms with Gasteiger partial charge in [-0.15, -0.1) is 0 Å². The Labute approximate surface area is 163 Å². The molecular weight excluding hydrogens is 416 g/mol. The van der Waals surface area contributed by atoms with Crippen molar-refractivity contribution in [2.24, 2.45) is 0 Å². The monoisotopic (exact) mass is 436 g/mol. The zero-order valence-electron chi connectivity index (χ0n) is 16.1. The Morgan fingerprint density at radius 2 is 1.33 bits per heavy atom. The summed E-state index contributed by atoms with van der Waals surface area (Å²) in [5.74, 6) is -0.461. The van der Waals surface area contributed by atoms with Gasteiger partial charge in [-0.3, -0.25) is 0 Å². The van der Waals surface area contributed by atoms with Crippen LogP contribution in [-0.4, -0.2) is 16.7 Å². The molecule has 0 aliphatic carbocycles. The van der Waals surface area contributed by atoms with Crippen molar-refractivity contribution >= 4 is 11.6 Å². The van der Waals surface area contributed by atoms with Gasteiger partial charge in [0, 0.05) is 0 Å². The third-order valence-corrected chi connectivity index (χ3v) is 60.3. The van der Waals surface area contributed by atoms with Crippen molar-refractivity contribution in [2.75, 3.05) is 0 Å². The Hall–Kier alpha value is -2.16. The van der Waals surface area contributed by atoms with Gasteiger partial charge in [0.2, 0.25) is 0 Å². The first-order chi connectivity index (χ1) is 14.3. The van der Waals surface area contributed by atoms with Crippen molar-refractivity contribution < 1.29 is 21.2 Å². The topological polar surface area (TPSA) is 54.4 Å². The summed E-state index contributed by atoms with van der Waals surface area (Å²) in [5.41, 5.74) is 1.20. The zero-order valence-corrected chi connectivity index (χ0v) is 17.2. The third kappa shape index (κ3) is 0.253. The second-order valence-corrected chi connectivity index (χ2v) is 37.4. The van der Waals surface area contributed by atoms with Crippen LogP contribution in [0, 0.1) is 0 Å². The van der Waals surface area contributed by atoms with Gasteiger partial charge in [-0.05, 0) is 0 Å². The molecule has 0 amide bonds. The summed E-state index contributed by atoms with van der Waals surface area (Å²) in [6.45, 7) is -3.46. The van der Waals surface area contributed by atoms with Crippen molar-refractivity contribution in [2.45, 2.75) is 47.7 Å². The summed E-state index contributed by atoms with van der Waals surface area (Å²) in [7, 11) is 0. The van der Waals surface area contributed by atoms with Gasteiger partial charge >= 0.3 is 164 Å². The zero-order chi connectivity index (χ0) is 19.5. The number of hydrogen-bond donors (Lipinski definition) is 1. The number of rotatable bonds is 5. The summed E-state index contributed by atoms with van der Waals surface area (Å²) in [5, 5.41) is 10.4. The first-order valence-corrected chi connectivity index (χ1v) is 17.5. The first-order valence-electron chi connectivity index (χ1n) is 11.2. The van der Waals surface area contributed by atoms with Crippen LogP contribution in [-0.2, 0) is 6.51 Å². The molecule has 10 saturated heterocycles. The van der Waals surface area contributed by atoms with Gasteiger partial charge in [-0.2, -0.15) is 0 Å². The second kappa shape index (κ2) is 1.66. The number of phenolic OH excluding ortho intramolecular Hbond substituents is 1. The average Bonchev–Trinajstić information content (AvgIpc) is 3.71. The van der Waals surface area contributed by atoms with Crippen LogP contribution >= 0.6 is 0 Å². The molecule has 0 saturated carbocycles. The van der Waals surface area contributed by atoms with Crippen molar-refractivity contribution in [3.8, 4) is 5.75 Å². The predicted octanol–water partition coefficient (Wildman–Crippen LogP) is 6.14. The van der Waals surface area contributed by atoms with E-state index in [-0.39, 0.29) is 22.9 Å². The first kappa shape index (κ1) is 13.3. The maximum atomic E-state index is 13.7. The minimum atomic E-state index is -3.46. The van der Waals surface area contributed by atoms with Crippen LogP contribution in [0.5, 0.6) is 5.75 Å². The van der Waals surface area contributed by atoms with Crippen LogP contribution in [0.2, 0.25) is 47.7 Å². The number of para-hydroxylation sites is 1.